The van der Waals surface area contributed by atoms with Crippen LogP contribution >= 0.6 is 0 Å². The molecule has 0 radical (unpaired) electrons. The van der Waals surface area contributed by atoms with Crippen molar-refractivity contribution in [2.24, 2.45) is 0 Å². The van der Waals surface area contributed by atoms with Gasteiger partial charge < -0.3 is 25.2 Å². The van der Waals surface area contributed by atoms with E-state index in [1.54, 1.807) is 6.20 Å². The first kappa shape index (κ1) is 23.5. The Kier molecular flexibility index (Phi) is 7.67. The average Bonchev–Trinajstić information content (AvgIpc) is 2.91. The van der Waals surface area contributed by atoms with Gasteiger partial charge in [0.15, 0.2) is 0 Å². The van der Waals surface area contributed by atoms with Gasteiger partial charge in [0.05, 0.1) is 18.9 Å². The lowest BCUT2D eigenvalue weighted by molar-refractivity contribution is 0.0398. The summed E-state index contributed by atoms with van der Waals surface area (Å²) in [6.07, 6.45) is 3.63. The Labute approximate surface area is 207 Å². The molecule has 0 unspecified atom stereocenters. The van der Waals surface area contributed by atoms with Crippen molar-refractivity contribution in [1.82, 2.24) is 24.8 Å². The minimum Gasteiger partial charge on any atom is -0.379 e. The highest BCUT2D eigenvalue weighted by atomic mass is 16.5. The third kappa shape index (κ3) is 6.45. The van der Waals surface area contributed by atoms with Gasteiger partial charge in [0.1, 0.15) is 5.82 Å². The van der Waals surface area contributed by atoms with Crippen LogP contribution in [0.3, 0.4) is 0 Å². The Morgan fingerprint density at radius 3 is 2.43 bits per heavy atom. The summed E-state index contributed by atoms with van der Waals surface area (Å²) in [5.74, 6) is 1.44. The molecule has 9 nitrogen and oxygen atoms in total. The number of morpholine rings is 1. The number of anilines is 4. The summed E-state index contributed by atoms with van der Waals surface area (Å²) < 4.78 is 5.40. The predicted octanol–water partition coefficient (Wildman–Crippen LogP) is 2.78. The highest BCUT2D eigenvalue weighted by molar-refractivity contribution is 5.63. The Balaban J connectivity index is 1.16. The van der Waals surface area contributed by atoms with Crippen molar-refractivity contribution in [2.75, 3.05) is 88.2 Å². The monoisotopic (exact) mass is 474 g/mol. The topological polar surface area (TPSA) is 81.7 Å². The summed E-state index contributed by atoms with van der Waals surface area (Å²) in [7, 11) is 2.17. The van der Waals surface area contributed by atoms with Gasteiger partial charge in [0.2, 0.25) is 5.95 Å². The van der Waals surface area contributed by atoms with E-state index in [9.17, 15) is 0 Å². The minimum atomic E-state index is 0.572. The Morgan fingerprint density at radius 2 is 1.69 bits per heavy atom. The summed E-state index contributed by atoms with van der Waals surface area (Å²) in [4.78, 5) is 20.9. The molecule has 0 spiro atoms. The summed E-state index contributed by atoms with van der Waals surface area (Å²) in [5, 5.41) is 6.73. The van der Waals surface area contributed by atoms with E-state index in [1.165, 1.54) is 5.69 Å². The second-order valence-electron chi connectivity index (χ2n) is 9.04. The maximum Gasteiger partial charge on any atom is 0.227 e. The molecule has 1 aromatic carbocycles. The van der Waals surface area contributed by atoms with Gasteiger partial charge in [-0.3, -0.25) is 4.90 Å². The van der Waals surface area contributed by atoms with E-state index in [4.69, 9.17) is 9.72 Å². The van der Waals surface area contributed by atoms with Gasteiger partial charge in [0, 0.05) is 81.7 Å². The van der Waals surface area contributed by atoms with Crippen LogP contribution in [0.5, 0.6) is 0 Å². The van der Waals surface area contributed by atoms with Crippen LogP contribution in [0.25, 0.3) is 11.3 Å². The van der Waals surface area contributed by atoms with Crippen LogP contribution in [-0.2, 0) is 4.74 Å². The molecular formula is C26H34N8O. The van der Waals surface area contributed by atoms with Crippen LogP contribution in [0.15, 0.2) is 54.9 Å². The third-order valence-corrected chi connectivity index (χ3v) is 6.54. The van der Waals surface area contributed by atoms with E-state index in [2.05, 4.69) is 66.6 Å². The smallest absolute Gasteiger partial charge is 0.227 e. The number of nitrogens with zero attached hydrogens (tertiary/aromatic N) is 6. The van der Waals surface area contributed by atoms with Gasteiger partial charge in [-0.2, -0.15) is 0 Å². The molecule has 5 rings (SSSR count). The number of pyridine rings is 1. The van der Waals surface area contributed by atoms with Crippen LogP contribution in [0, 0.1) is 0 Å². The standard InChI is InChI=1S/C26H34N8O/c1-32-12-14-34(15-13-32)23-5-3-22(4-6-23)30-26-28-9-8-24(31-26)21-2-7-25(29-20-21)27-10-11-33-16-18-35-19-17-33/h2-9,20H,10-19H2,1H3,(H,27,29)(H,28,30,31). The molecule has 4 heterocycles. The highest BCUT2D eigenvalue weighted by Gasteiger charge is 2.14. The fraction of sp³-hybridized carbons (Fsp3) is 0.423. The fourth-order valence-corrected chi connectivity index (χ4v) is 4.35. The lowest BCUT2D eigenvalue weighted by Crippen LogP contribution is -2.44. The van der Waals surface area contributed by atoms with Crippen molar-refractivity contribution in [3.8, 4) is 11.3 Å². The van der Waals surface area contributed by atoms with Crippen molar-refractivity contribution >= 4 is 23.1 Å². The quantitative estimate of drug-likeness (QED) is 0.512. The Hall–Kier alpha value is -3.27. The van der Waals surface area contributed by atoms with Crippen LogP contribution in [-0.4, -0.2) is 97.4 Å². The van der Waals surface area contributed by atoms with Gasteiger partial charge in [-0.15, -0.1) is 0 Å². The number of nitrogens with one attached hydrogen (secondary N) is 2. The Morgan fingerprint density at radius 1 is 0.886 bits per heavy atom. The molecule has 2 aliphatic heterocycles. The number of hydrogen-bond donors (Lipinski definition) is 2. The molecule has 0 atom stereocenters. The van der Waals surface area contributed by atoms with Crippen molar-refractivity contribution in [3.05, 3.63) is 54.9 Å². The molecule has 2 saturated heterocycles. The van der Waals surface area contributed by atoms with E-state index >= 15 is 0 Å². The van der Waals surface area contributed by atoms with Crippen LogP contribution < -0.4 is 15.5 Å². The van der Waals surface area contributed by atoms with E-state index in [0.717, 1.165) is 88.3 Å². The van der Waals surface area contributed by atoms with Gasteiger partial charge in [-0.1, -0.05) is 0 Å². The SMILES string of the molecule is CN1CCN(c2ccc(Nc3nccc(-c4ccc(NCCN5CCOCC5)nc4)n3)cc2)CC1. The normalized spacial score (nSPS) is 17.3. The number of ether oxygens (including phenoxy) is 1. The van der Waals surface area contributed by atoms with E-state index in [1.807, 2.05) is 24.4 Å². The minimum absolute atomic E-state index is 0.572. The third-order valence-electron chi connectivity index (χ3n) is 6.54. The van der Waals surface area contributed by atoms with Gasteiger partial charge in [-0.25, -0.2) is 15.0 Å². The van der Waals surface area contributed by atoms with Crippen molar-refractivity contribution in [1.29, 1.82) is 0 Å². The zero-order valence-electron chi connectivity index (χ0n) is 20.4. The summed E-state index contributed by atoms with van der Waals surface area (Å²) in [6.45, 7) is 9.81. The number of hydrogen-bond acceptors (Lipinski definition) is 9. The molecule has 2 N–H and O–H groups in total. The molecule has 9 heteroatoms. The lowest BCUT2D eigenvalue weighted by Gasteiger charge is -2.34. The summed E-state index contributed by atoms with van der Waals surface area (Å²) in [5.41, 5.74) is 4.02. The zero-order chi connectivity index (χ0) is 23.9. The molecule has 3 aromatic rings. The second kappa shape index (κ2) is 11.4. The molecule has 2 fully saturated rings. The second-order valence-corrected chi connectivity index (χ2v) is 9.04. The van der Waals surface area contributed by atoms with Crippen LogP contribution in [0.4, 0.5) is 23.1 Å². The maximum atomic E-state index is 5.40. The van der Waals surface area contributed by atoms with Gasteiger partial charge >= 0.3 is 0 Å². The molecule has 0 aliphatic carbocycles. The molecule has 184 valence electrons. The maximum absolute atomic E-state index is 5.40. The zero-order valence-corrected chi connectivity index (χ0v) is 20.4. The van der Waals surface area contributed by atoms with Crippen molar-refractivity contribution in [3.63, 3.8) is 0 Å². The molecule has 0 bridgehead atoms. The number of aromatic nitrogens is 3. The number of likely N-dealkylation sites (N-methyl/N-ethyl adjacent to an activating group) is 1. The number of piperazine rings is 1. The average molecular weight is 475 g/mol. The first-order valence-electron chi connectivity index (χ1n) is 12.4. The van der Waals surface area contributed by atoms with Gasteiger partial charge in [0.25, 0.3) is 0 Å². The number of rotatable bonds is 8. The molecule has 2 aromatic heterocycles. The fourth-order valence-electron chi connectivity index (χ4n) is 4.35. The summed E-state index contributed by atoms with van der Waals surface area (Å²) in [6, 6.07) is 14.4. The Bertz CT molecular complexity index is 1060. The molecular weight excluding hydrogens is 440 g/mol. The largest absolute Gasteiger partial charge is 0.379 e. The molecule has 0 amide bonds. The lowest BCUT2D eigenvalue weighted by atomic mass is 10.2. The van der Waals surface area contributed by atoms with Crippen LogP contribution in [0.1, 0.15) is 0 Å². The van der Waals surface area contributed by atoms with Gasteiger partial charge in [-0.05, 0) is 49.5 Å². The number of benzene rings is 1. The van der Waals surface area contributed by atoms with E-state index in [-0.39, 0.29) is 0 Å². The molecule has 35 heavy (non-hydrogen) atoms. The molecule has 2 aliphatic rings. The van der Waals surface area contributed by atoms with E-state index in [0.29, 0.717) is 5.95 Å². The van der Waals surface area contributed by atoms with Crippen molar-refractivity contribution < 1.29 is 4.74 Å². The highest BCUT2D eigenvalue weighted by Crippen LogP contribution is 2.23. The summed E-state index contributed by atoms with van der Waals surface area (Å²) >= 11 is 0. The van der Waals surface area contributed by atoms with Crippen molar-refractivity contribution in [2.45, 2.75) is 0 Å². The first-order valence-corrected chi connectivity index (χ1v) is 12.4. The molecule has 0 saturated carbocycles. The predicted molar refractivity (Wildman–Crippen MR) is 140 cm³/mol. The first-order chi connectivity index (χ1) is 17.2. The van der Waals surface area contributed by atoms with Crippen LogP contribution in [0.2, 0.25) is 0 Å². The van der Waals surface area contributed by atoms with E-state index < -0.39 is 0 Å².